The molecule has 1 rings (SSSR count). The quantitative estimate of drug-likeness (QED) is 0.301. The molecule has 0 aliphatic rings. The highest BCUT2D eigenvalue weighted by atomic mass is 16.5. The van der Waals surface area contributed by atoms with Crippen molar-refractivity contribution in [3.63, 3.8) is 0 Å². The van der Waals surface area contributed by atoms with Crippen molar-refractivity contribution < 1.29 is 10.0 Å². The molecule has 1 amide bonds. The molecule has 0 radical (unpaired) electrons. The standard InChI is InChI=1S/C4H6N4O2/c5-3-2(4(9)8-10)6-1-7-3/h1,10H,5H2,(H,6,7)(H,8,9). The van der Waals surface area contributed by atoms with Crippen LogP contribution in [-0.2, 0) is 0 Å². The van der Waals surface area contributed by atoms with Gasteiger partial charge in [0.25, 0.3) is 5.91 Å². The summed E-state index contributed by atoms with van der Waals surface area (Å²) in [6, 6.07) is 0. The van der Waals surface area contributed by atoms with Crippen molar-refractivity contribution >= 4 is 11.7 Å². The number of nitrogen functional groups attached to an aromatic ring is 1. The second kappa shape index (κ2) is 2.36. The fraction of sp³-hybridized carbons (Fsp3) is 0. The van der Waals surface area contributed by atoms with Crippen LogP contribution >= 0.6 is 0 Å². The van der Waals surface area contributed by atoms with Crippen LogP contribution in [0.1, 0.15) is 10.5 Å². The summed E-state index contributed by atoms with van der Waals surface area (Å²) in [4.78, 5) is 16.6. The SMILES string of the molecule is Nc1nc[nH]c1C(=O)NO. The van der Waals surface area contributed by atoms with Crippen LogP contribution < -0.4 is 11.2 Å². The van der Waals surface area contributed by atoms with Crippen molar-refractivity contribution in [1.82, 2.24) is 15.4 Å². The van der Waals surface area contributed by atoms with Gasteiger partial charge in [-0.1, -0.05) is 0 Å². The van der Waals surface area contributed by atoms with E-state index in [1.807, 2.05) is 0 Å². The maximum atomic E-state index is 10.6. The number of aromatic amines is 1. The molecule has 0 saturated carbocycles. The average Bonchev–Trinajstić information content (AvgIpc) is 2.34. The van der Waals surface area contributed by atoms with Crippen LogP contribution in [0.3, 0.4) is 0 Å². The Hall–Kier alpha value is -1.56. The highest BCUT2D eigenvalue weighted by Crippen LogP contribution is 2.01. The van der Waals surface area contributed by atoms with E-state index in [2.05, 4.69) is 9.97 Å². The molecule has 6 nitrogen and oxygen atoms in total. The second-order valence-electron chi connectivity index (χ2n) is 1.60. The van der Waals surface area contributed by atoms with Gasteiger partial charge >= 0.3 is 0 Å². The van der Waals surface area contributed by atoms with E-state index in [-0.39, 0.29) is 11.5 Å². The number of nitrogens with two attached hydrogens (primary N) is 1. The number of hydroxylamine groups is 1. The third kappa shape index (κ3) is 0.914. The number of amides is 1. The summed E-state index contributed by atoms with van der Waals surface area (Å²) in [6.45, 7) is 0. The molecule has 10 heavy (non-hydrogen) atoms. The Morgan fingerprint density at radius 1 is 1.90 bits per heavy atom. The number of hydrogen-bond donors (Lipinski definition) is 4. The van der Waals surface area contributed by atoms with E-state index in [1.165, 1.54) is 11.8 Å². The van der Waals surface area contributed by atoms with Gasteiger partial charge in [-0.3, -0.25) is 10.0 Å². The normalized spacial score (nSPS) is 9.30. The molecular weight excluding hydrogens is 136 g/mol. The first kappa shape index (κ1) is 6.56. The lowest BCUT2D eigenvalue weighted by Crippen LogP contribution is -2.20. The number of nitrogens with zero attached hydrogens (tertiary/aromatic N) is 1. The fourth-order valence-corrected chi connectivity index (χ4v) is 0.543. The predicted molar refractivity (Wildman–Crippen MR) is 32.3 cm³/mol. The minimum absolute atomic E-state index is 0.0579. The Labute approximate surface area is 56.0 Å². The number of nitrogens with one attached hydrogen (secondary N) is 2. The molecule has 0 bridgehead atoms. The summed E-state index contributed by atoms with van der Waals surface area (Å²) >= 11 is 0. The van der Waals surface area contributed by atoms with E-state index in [1.54, 1.807) is 0 Å². The van der Waals surface area contributed by atoms with Crippen molar-refractivity contribution in [2.75, 3.05) is 5.73 Å². The fourth-order valence-electron chi connectivity index (χ4n) is 0.543. The van der Waals surface area contributed by atoms with Gasteiger partial charge in [0.1, 0.15) is 5.69 Å². The summed E-state index contributed by atoms with van der Waals surface area (Å²) in [7, 11) is 0. The number of carbonyl (C=O) groups excluding carboxylic acids is 1. The van der Waals surface area contributed by atoms with Gasteiger partial charge in [-0.2, -0.15) is 0 Å². The zero-order chi connectivity index (χ0) is 7.56. The van der Waals surface area contributed by atoms with Gasteiger partial charge in [0.2, 0.25) is 0 Å². The number of anilines is 1. The highest BCUT2D eigenvalue weighted by molar-refractivity contribution is 5.95. The number of hydrogen-bond acceptors (Lipinski definition) is 4. The summed E-state index contributed by atoms with van der Waals surface area (Å²) in [5.41, 5.74) is 6.68. The van der Waals surface area contributed by atoms with Crippen molar-refractivity contribution in [2.24, 2.45) is 0 Å². The molecule has 0 atom stereocenters. The number of aromatic nitrogens is 2. The van der Waals surface area contributed by atoms with Crippen LogP contribution in [0, 0.1) is 0 Å². The van der Waals surface area contributed by atoms with Crippen LogP contribution in [0.2, 0.25) is 0 Å². The van der Waals surface area contributed by atoms with Crippen molar-refractivity contribution in [1.29, 1.82) is 0 Å². The van der Waals surface area contributed by atoms with Gasteiger partial charge in [0.05, 0.1) is 6.33 Å². The molecule has 1 heterocycles. The first-order valence-corrected chi connectivity index (χ1v) is 2.49. The monoisotopic (exact) mass is 142 g/mol. The van der Waals surface area contributed by atoms with Gasteiger partial charge in [0, 0.05) is 0 Å². The Balaban J connectivity index is 2.93. The van der Waals surface area contributed by atoms with Gasteiger partial charge < -0.3 is 10.7 Å². The third-order valence-corrected chi connectivity index (χ3v) is 0.997. The topological polar surface area (TPSA) is 104 Å². The van der Waals surface area contributed by atoms with Crippen LogP contribution in [0.4, 0.5) is 5.82 Å². The summed E-state index contributed by atoms with van der Waals surface area (Å²) < 4.78 is 0. The molecular formula is C4H6N4O2. The highest BCUT2D eigenvalue weighted by Gasteiger charge is 2.09. The van der Waals surface area contributed by atoms with Gasteiger partial charge in [-0.25, -0.2) is 10.5 Å². The molecule has 0 aliphatic heterocycles. The molecule has 0 unspecified atom stereocenters. The molecule has 1 aromatic heterocycles. The lowest BCUT2D eigenvalue weighted by atomic mass is 10.4. The van der Waals surface area contributed by atoms with Crippen molar-refractivity contribution in [3.05, 3.63) is 12.0 Å². The Morgan fingerprint density at radius 3 is 3.00 bits per heavy atom. The van der Waals surface area contributed by atoms with Crippen LogP contribution in [0.5, 0.6) is 0 Å². The smallest absolute Gasteiger partial charge is 0.294 e. The third-order valence-electron chi connectivity index (χ3n) is 0.997. The van der Waals surface area contributed by atoms with E-state index >= 15 is 0 Å². The number of carbonyl (C=O) groups is 1. The lowest BCUT2D eigenvalue weighted by Gasteiger charge is -1.92. The van der Waals surface area contributed by atoms with Gasteiger partial charge in [-0.05, 0) is 0 Å². The minimum Gasteiger partial charge on any atom is -0.382 e. The van der Waals surface area contributed by atoms with Gasteiger partial charge in [0.15, 0.2) is 5.82 Å². The molecule has 54 valence electrons. The second-order valence-corrected chi connectivity index (χ2v) is 1.60. The zero-order valence-corrected chi connectivity index (χ0v) is 4.96. The summed E-state index contributed by atoms with van der Waals surface area (Å²) in [5.74, 6) is -0.637. The van der Waals surface area contributed by atoms with Crippen molar-refractivity contribution in [3.8, 4) is 0 Å². The van der Waals surface area contributed by atoms with Crippen LogP contribution in [0.15, 0.2) is 6.33 Å². The van der Waals surface area contributed by atoms with Gasteiger partial charge in [-0.15, -0.1) is 0 Å². The molecule has 0 saturated heterocycles. The van der Waals surface area contributed by atoms with Crippen LogP contribution in [0.25, 0.3) is 0 Å². The van der Waals surface area contributed by atoms with E-state index in [9.17, 15) is 4.79 Å². The Bertz CT molecular complexity index is 243. The number of H-pyrrole nitrogens is 1. The molecule has 1 aromatic rings. The van der Waals surface area contributed by atoms with E-state index in [4.69, 9.17) is 10.9 Å². The number of imidazole rings is 1. The molecule has 5 N–H and O–H groups in total. The van der Waals surface area contributed by atoms with E-state index in [0.717, 1.165) is 0 Å². The first-order chi connectivity index (χ1) is 4.75. The van der Waals surface area contributed by atoms with Crippen LogP contribution in [-0.4, -0.2) is 21.1 Å². The summed E-state index contributed by atoms with van der Waals surface area (Å²) in [6.07, 6.45) is 1.26. The molecule has 0 aliphatic carbocycles. The Kier molecular flexibility index (Phi) is 1.55. The molecule has 0 aromatic carbocycles. The van der Waals surface area contributed by atoms with E-state index in [0.29, 0.717) is 0 Å². The molecule has 6 heteroatoms. The van der Waals surface area contributed by atoms with E-state index < -0.39 is 5.91 Å². The Morgan fingerprint density at radius 2 is 2.60 bits per heavy atom. The maximum Gasteiger partial charge on any atom is 0.294 e. The molecule has 0 fully saturated rings. The van der Waals surface area contributed by atoms with Crippen molar-refractivity contribution in [2.45, 2.75) is 0 Å². The zero-order valence-electron chi connectivity index (χ0n) is 4.96. The lowest BCUT2D eigenvalue weighted by molar-refractivity contribution is 0.0702. The largest absolute Gasteiger partial charge is 0.382 e. The first-order valence-electron chi connectivity index (χ1n) is 2.49. The number of rotatable bonds is 1. The minimum atomic E-state index is -0.699. The summed E-state index contributed by atoms with van der Waals surface area (Å²) in [5, 5.41) is 8.13. The molecule has 0 spiro atoms. The maximum absolute atomic E-state index is 10.6. The average molecular weight is 142 g/mol. The predicted octanol–water partition coefficient (Wildman–Crippen LogP) is -0.889.